The predicted octanol–water partition coefficient (Wildman–Crippen LogP) is 2.43. The van der Waals surface area contributed by atoms with Gasteiger partial charge in [-0.3, -0.25) is 0 Å². The second kappa shape index (κ2) is 4.67. The maximum Gasteiger partial charge on any atom is 0.0566 e. The fourth-order valence-electron chi connectivity index (χ4n) is 3.89. The van der Waals surface area contributed by atoms with Crippen molar-refractivity contribution >= 4 is 10.2 Å². The van der Waals surface area contributed by atoms with E-state index in [0.717, 1.165) is 49.7 Å². The molecule has 2 saturated carbocycles. The van der Waals surface area contributed by atoms with E-state index in [1.165, 1.54) is 25.7 Å². The first-order valence-electron chi connectivity index (χ1n) is 7.09. The number of fused-ring (bicyclic) bond motifs is 2. The van der Waals surface area contributed by atoms with Crippen molar-refractivity contribution < 1.29 is 9.47 Å². The molecule has 3 rings (SSSR count). The molecule has 0 aromatic carbocycles. The van der Waals surface area contributed by atoms with Crippen LogP contribution in [0.5, 0.6) is 0 Å². The minimum absolute atomic E-state index is 0.352. The molecule has 17 heavy (non-hydrogen) atoms. The van der Waals surface area contributed by atoms with Crippen molar-refractivity contribution in [2.45, 2.75) is 38.1 Å². The summed E-state index contributed by atoms with van der Waals surface area (Å²) in [6.07, 6.45) is 5.42. The van der Waals surface area contributed by atoms with Crippen LogP contribution in [0.1, 0.15) is 32.6 Å². The molecular formula is C14H23O2Si. The summed E-state index contributed by atoms with van der Waals surface area (Å²) in [5.74, 6) is 2.67. The fraction of sp³-hybridized carbons (Fsp3) is 1.00. The van der Waals surface area contributed by atoms with E-state index in [4.69, 9.17) is 9.47 Å². The Morgan fingerprint density at radius 3 is 2.65 bits per heavy atom. The quantitative estimate of drug-likeness (QED) is 0.699. The van der Waals surface area contributed by atoms with E-state index in [-0.39, 0.29) is 0 Å². The minimum Gasteiger partial charge on any atom is -0.380 e. The standard InChI is InChI=1S/C14H23O2Si/c1-2-14(8-16-9-14)7-15-6-11-3-10-4-12(11)13(17)5-10/h10-13H,2-9H2,1H3. The average molecular weight is 251 g/mol. The fourth-order valence-corrected chi connectivity index (χ4v) is 4.64. The van der Waals surface area contributed by atoms with Crippen molar-refractivity contribution in [2.24, 2.45) is 23.2 Å². The normalized spacial score (nSPS) is 42.7. The van der Waals surface area contributed by atoms with Crippen LogP contribution < -0.4 is 0 Å². The topological polar surface area (TPSA) is 18.5 Å². The van der Waals surface area contributed by atoms with E-state index in [0.29, 0.717) is 5.41 Å². The van der Waals surface area contributed by atoms with Gasteiger partial charge < -0.3 is 9.47 Å². The molecule has 1 aliphatic heterocycles. The van der Waals surface area contributed by atoms with Gasteiger partial charge in [-0.15, -0.1) is 0 Å². The van der Waals surface area contributed by atoms with Gasteiger partial charge in [-0.2, -0.15) is 0 Å². The van der Waals surface area contributed by atoms with Gasteiger partial charge in [-0.1, -0.05) is 13.3 Å². The summed E-state index contributed by atoms with van der Waals surface area (Å²) in [4.78, 5) is 0. The third kappa shape index (κ3) is 2.22. The van der Waals surface area contributed by atoms with Crippen LogP contribution in [-0.4, -0.2) is 36.7 Å². The van der Waals surface area contributed by atoms with Gasteiger partial charge in [0.15, 0.2) is 0 Å². The Bertz CT molecular complexity index is 272. The van der Waals surface area contributed by atoms with E-state index < -0.39 is 0 Å². The molecule has 0 spiro atoms. The Balaban J connectivity index is 1.43. The molecule has 0 amide bonds. The molecule has 1 saturated heterocycles. The third-order valence-electron chi connectivity index (χ3n) is 5.26. The van der Waals surface area contributed by atoms with E-state index in [2.05, 4.69) is 17.2 Å². The van der Waals surface area contributed by atoms with Crippen LogP contribution in [0.4, 0.5) is 0 Å². The van der Waals surface area contributed by atoms with E-state index >= 15 is 0 Å². The van der Waals surface area contributed by atoms with Gasteiger partial charge in [0, 0.05) is 22.3 Å². The molecule has 4 atom stereocenters. The Morgan fingerprint density at radius 2 is 2.12 bits per heavy atom. The van der Waals surface area contributed by atoms with Gasteiger partial charge in [-0.25, -0.2) is 0 Å². The summed E-state index contributed by atoms with van der Waals surface area (Å²) in [6, 6.07) is 0. The molecular weight excluding hydrogens is 228 g/mol. The van der Waals surface area contributed by atoms with Crippen LogP contribution in [0, 0.1) is 23.2 Å². The molecule has 0 N–H and O–H groups in total. The van der Waals surface area contributed by atoms with Crippen LogP contribution in [0.25, 0.3) is 0 Å². The molecule has 2 nitrogen and oxygen atoms in total. The maximum absolute atomic E-state index is 6.02. The zero-order chi connectivity index (χ0) is 11.9. The largest absolute Gasteiger partial charge is 0.380 e. The second-order valence-electron chi connectivity index (χ2n) is 6.47. The Kier molecular flexibility index (Phi) is 3.35. The molecule has 95 valence electrons. The lowest BCUT2D eigenvalue weighted by Crippen LogP contribution is -2.46. The number of hydrogen-bond acceptors (Lipinski definition) is 2. The molecule has 2 bridgehead atoms. The van der Waals surface area contributed by atoms with Crippen molar-refractivity contribution in [3.63, 3.8) is 0 Å². The first-order chi connectivity index (χ1) is 8.22. The molecule has 3 heteroatoms. The van der Waals surface area contributed by atoms with Gasteiger partial charge >= 0.3 is 0 Å². The first kappa shape index (κ1) is 12.2. The molecule has 0 aromatic heterocycles. The molecule has 0 aromatic rings. The molecule has 3 aliphatic rings. The van der Waals surface area contributed by atoms with Crippen LogP contribution in [0.2, 0.25) is 5.54 Å². The highest BCUT2D eigenvalue weighted by Crippen LogP contribution is 2.53. The van der Waals surface area contributed by atoms with E-state index in [1.807, 2.05) is 0 Å². The van der Waals surface area contributed by atoms with Crippen molar-refractivity contribution in [1.82, 2.24) is 0 Å². The lowest BCUT2D eigenvalue weighted by molar-refractivity contribution is -0.153. The Hall–Kier alpha value is 0.137. The van der Waals surface area contributed by atoms with E-state index in [1.54, 1.807) is 0 Å². The highest BCUT2D eigenvalue weighted by Gasteiger charge is 2.44. The van der Waals surface area contributed by atoms with Gasteiger partial charge in [-0.05, 0) is 42.6 Å². The molecule has 3 fully saturated rings. The second-order valence-corrected chi connectivity index (χ2v) is 7.21. The zero-order valence-corrected chi connectivity index (χ0v) is 11.8. The van der Waals surface area contributed by atoms with Crippen LogP contribution in [0.3, 0.4) is 0 Å². The number of hydrogen-bond donors (Lipinski definition) is 0. The van der Waals surface area contributed by atoms with Gasteiger partial charge in [0.1, 0.15) is 0 Å². The molecule has 2 aliphatic carbocycles. The van der Waals surface area contributed by atoms with Crippen molar-refractivity contribution in [2.75, 3.05) is 26.4 Å². The lowest BCUT2D eigenvalue weighted by atomic mass is 9.84. The van der Waals surface area contributed by atoms with Gasteiger partial charge in [0.05, 0.1) is 19.8 Å². The molecule has 4 unspecified atom stereocenters. The van der Waals surface area contributed by atoms with Crippen LogP contribution >= 0.6 is 0 Å². The third-order valence-corrected chi connectivity index (χ3v) is 5.92. The summed E-state index contributed by atoms with van der Waals surface area (Å²) in [5, 5.41) is 0. The van der Waals surface area contributed by atoms with Gasteiger partial charge in [0.25, 0.3) is 0 Å². The van der Waals surface area contributed by atoms with E-state index in [9.17, 15) is 0 Å². The number of ether oxygens (including phenoxy) is 2. The summed E-state index contributed by atoms with van der Waals surface area (Å²) < 4.78 is 11.3. The molecule has 3 radical (unpaired) electrons. The Morgan fingerprint density at radius 1 is 1.29 bits per heavy atom. The smallest absolute Gasteiger partial charge is 0.0566 e. The summed E-state index contributed by atoms with van der Waals surface area (Å²) in [5.41, 5.74) is 1.11. The van der Waals surface area contributed by atoms with Crippen molar-refractivity contribution in [1.29, 1.82) is 0 Å². The van der Waals surface area contributed by atoms with Crippen molar-refractivity contribution in [3.05, 3.63) is 0 Å². The van der Waals surface area contributed by atoms with Crippen LogP contribution in [0.15, 0.2) is 0 Å². The highest BCUT2D eigenvalue weighted by molar-refractivity contribution is 6.12. The zero-order valence-electron chi connectivity index (χ0n) is 10.8. The maximum atomic E-state index is 6.02. The average Bonchev–Trinajstić information content (AvgIpc) is 2.80. The summed E-state index contributed by atoms with van der Waals surface area (Å²) >= 11 is 0. The minimum atomic E-state index is 0.352. The van der Waals surface area contributed by atoms with Crippen molar-refractivity contribution in [3.8, 4) is 0 Å². The monoisotopic (exact) mass is 251 g/mol. The van der Waals surface area contributed by atoms with Crippen LogP contribution in [-0.2, 0) is 9.47 Å². The lowest BCUT2D eigenvalue weighted by Gasteiger charge is -2.41. The summed E-state index contributed by atoms with van der Waals surface area (Å²) in [7, 11) is 3.88. The number of rotatable bonds is 5. The highest BCUT2D eigenvalue weighted by atomic mass is 28.1. The molecule has 1 heterocycles. The SMILES string of the molecule is CCC1(COCC2CC3CC([Si])C2C3)COC1. The first-order valence-corrected chi connectivity index (χ1v) is 7.67. The Labute approximate surface area is 108 Å². The van der Waals surface area contributed by atoms with Gasteiger partial charge in [0.2, 0.25) is 0 Å². The summed E-state index contributed by atoms with van der Waals surface area (Å²) in [6.45, 7) is 5.94. The predicted molar refractivity (Wildman–Crippen MR) is 68.2 cm³/mol.